The molecule has 26 heavy (non-hydrogen) atoms. The molecule has 2 unspecified atom stereocenters. The van der Waals surface area contributed by atoms with Crippen LogP contribution in [0.4, 0.5) is 5.69 Å². The maximum absolute atomic E-state index is 13.0. The molecule has 0 bridgehead atoms. The van der Waals surface area contributed by atoms with Crippen molar-refractivity contribution < 1.29 is 13.2 Å². The smallest absolute Gasteiger partial charge is 0.255 e. The molecular weight excluding hydrogens is 348 g/mol. The summed E-state index contributed by atoms with van der Waals surface area (Å²) >= 11 is 0. The van der Waals surface area contributed by atoms with E-state index in [-0.39, 0.29) is 22.9 Å². The number of hydrogen-bond acceptors (Lipinski definition) is 3. The van der Waals surface area contributed by atoms with Crippen molar-refractivity contribution in [3.8, 4) is 0 Å². The van der Waals surface area contributed by atoms with Gasteiger partial charge in [-0.1, -0.05) is 24.6 Å². The second-order valence-corrected chi connectivity index (χ2v) is 8.65. The highest BCUT2D eigenvalue weighted by Crippen LogP contribution is 2.30. The second-order valence-electron chi connectivity index (χ2n) is 6.81. The van der Waals surface area contributed by atoms with Crippen LogP contribution in [-0.2, 0) is 10.0 Å². The topological polar surface area (TPSA) is 66.5 Å². The van der Waals surface area contributed by atoms with Crippen LogP contribution in [0, 0.1) is 0 Å². The van der Waals surface area contributed by atoms with Gasteiger partial charge >= 0.3 is 0 Å². The Balaban J connectivity index is 1.77. The lowest BCUT2D eigenvalue weighted by Crippen LogP contribution is -2.47. The largest absolute Gasteiger partial charge is 0.322 e. The Labute approximate surface area is 155 Å². The molecule has 6 heteroatoms. The maximum Gasteiger partial charge on any atom is 0.255 e. The molecule has 1 N–H and O–H groups in total. The van der Waals surface area contributed by atoms with Crippen molar-refractivity contribution in [2.75, 3.05) is 5.32 Å². The molecule has 1 aliphatic heterocycles. The number of benzene rings is 2. The van der Waals surface area contributed by atoms with Gasteiger partial charge in [0.05, 0.1) is 4.90 Å². The second kappa shape index (κ2) is 7.60. The standard InChI is InChI=1S/C20H24N2O3S/c1-15-7-6-8-16(2)22(15)26(24,25)19-13-11-18(12-14-19)21-20(23)17-9-4-3-5-10-17/h3-5,9-16H,6-8H2,1-2H3,(H,21,23). The SMILES string of the molecule is CC1CCCC(C)N1S(=O)(=O)c1ccc(NC(=O)c2ccccc2)cc1. The molecule has 2 aromatic carbocycles. The summed E-state index contributed by atoms with van der Waals surface area (Å²) < 4.78 is 27.6. The van der Waals surface area contributed by atoms with Crippen LogP contribution >= 0.6 is 0 Å². The first-order valence-electron chi connectivity index (χ1n) is 8.89. The Hall–Kier alpha value is -2.18. The maximum atomic E-state index is 13.0. The zero-order chi connectivity index (χ0) is 18.7. The molecule has 2 atom stereocenters. The molecule has 1 saturated heterocycles. The van der Waals surface area contributed by atoms with E-state index < -0.39 is 10.0 Å². The minimum atomic E-state index is -3.54. The Morgan fingerprint density at radius 3 is 2.12 bits per heavy atom. The molecule has 1 amide bonds. The van der Waals surface area contributed by atoms with Gasteiger partial charge in [-0.05, 0) is 63.1 Å². The molecule has 2 aromatic rings. The van der Waals surface area contributed by atoms with Crippen LogP contribution in [0.25, 0.3) is 0 Å². The number of amides is 1. The first kappa shape index (κ1) is 18.6. The Morgan fingerprint density at radius 1 is 0.962 bits per heavy atom. The first-order chi connectivity index (χ1) is 12.4. The van der Waals surface area contributed by atoms with E-state index >= 15 is 0 Å². The molecule has 0 saturated carbocycles. The predicted molar refractivity (Wildman–Crippen MR) is 103 cm³/mol. The molecule has 1 fully saturated rings. The minimum absolute atomic E-state index is 0.00112. The zero-order valence-electron chi connectivity index (χ0n) is 15.1. The Morgan fingerprint density at radius 2 is 1.54 bits per heavy atom. The first-order valence-corrected chi connectivity index (χ1v) is 10.3. The summed E-state index contributed by atoms with van der Waals surface area (Å²) in [5, 5.41) is 2.79. The van der Waals surface area contributed by atoms with Crippen LogP contribution in [0.3, 0.4) is 0 Å². The number of carbonyl (C=O) groups is 1. The van der Waals surface area contributed by atoms with Crippen LogP contribution in [0.15, 0.2) is 59.5 Å². The van der Waals surface area contributed by atoms with Crippen molar-refractivity contribution in [3.63, 3.8) is 0 Å². The van der Waals surface area contributed by atoms with Gasteiger partial charge in [-0.2, -0.15) is 4.31 Å². The highest BCUT2D eigenvalue weighted by molar-refractivity contribution is 7.89. The van der Waals surface area contributed by atoms with Crippen molar-refractivity contribution in [1.82, 2.24) is 4.31 Å². The zero-order valence-corrected chi connectivity index (χ0v) is 15.9. The summed E-state index contributed by atoms with van der Waals surface area (Å²) in [5.41, 5.74) is 1.12. The summed E-state index contributed by atoms with van der Waals surface area (Å²) in [6.45, 7) is 3.92. The van der Waals surface area contributed by atoms with E-state index in [1.807, 2.05) is 19.9 Å². The van der Waals surface area contributed by atoms with Gasteiger partial charge in [-0.15, -0.1) is 0 Å². The van der Waals surface area contributed by atoms with Crippen LogP contribution in [-0.4, -0.2) is 30.7 Å². The minimum Gasteiger partial charge on any atom is -0.322 e. The van der Waals surface area contributed by atoms with Gasteiger partial charge in [0.25, 0.3) is 5.91 Å². The third-order valence-corrected chi connectivity index (χ3v) is 6.98. The van der Waals surface area contributed by atoms with Crippen LogP contribution < -0.4 is 5.32 Å². The predicted octanol–water partition coefficient (Wildman–Crippen LogP) is 3.89. The number of anilines is 1. The van der Waals surface area contributed by atoms with Crippen molar-refractivity contribution >= 4 is 21.6 Å². The fourth-order valence-corrected chi connectivity index (χ4v) is 5.38. The van der Waals surface area contributed by atoms with E-state index in [0.29, 0.717) is 11.3 Å². The summed E-state index contributed by atoms with van der Waals surface area (Å²) in [4.78, 5) is 12.5. The third-order valence-electron chi connectivity index (χ3n) is 4.84. The lowest BCUT2D eigenvalue weighted by molar-refractivity contribution is 0.102. The van der Waals surface area contributed by atoms with Gasteiger partial charge in [-0.3, -0.25) is 4.79 Å². The molecule has 0 aromatic heterocycles. The highest BCUT2D eigenvalue weighted by atomic mass is 32.2. The molecule has 1 heterocycles. The van der Waals surface area contributed by atoms with E-state index in [1.165, 1.54) is 0 Å². The van der Waals surface area contributed by atoms with Gasteiger partial charge in [0.2, 0.25) is 10.0 Å². The number of carbonyl (C=O) groups excluding carboxylic acids is 1. The number of hydrogen-bond donors (Lipinski definition) is 1. The molecule has 0 aliphatic carbocycles. The summed E-state index contributed by atoms with van der Waals surface area (Å²) in [5.74, 6) is -0.223. The van der Waals surface area contributed by atoms with Crippen molar-refractivity contribution in [2.24, 2.45) is 0 Å². The van der Waals surface area contributed by atoms with Crippen LogP contribution in [0.2, 0.25) is 0 Å². The van der Waals surface area contributed by atoms with E-state index in [0.717, 1.165) is 19.3 Å². The average molecular weight is 372 g/mol. The lowest BCUT2D eigenvalue weighted by atomic mass is 10.0. The van der Waals surface area contributed by atoms with E-state index in [1.54, 1.807) is 52.8 Å². The summed E-state index contributed by atoms with van der Waals surface area (Å²) in [6.07, 6.45) is 2.82. The fraction of sp³-hybridized carbons (Fsp3) is 0.350. The molecule has 3 rings (SSSR count). The van der Waals surface area contributed by atoms with Gasteiger partial charge in [0, 0.05) is 23.3 Å². The molecule has 138 valence electrons. The van der Waals surface area contributed by atoms with Crippen molar-refractivity contribution in [3.05, 3.63) is 60.2 Å². The van der Waals surface area contributed by atoms with Gasteiger partial charge in [0.1, 0.15) is 0 Å². The van der Waals surface area contributed by atoms with Crippen LogP contribution in [0.1, 0.15) is 43.5 Å². The number of sulfonamides is 1. The highest BCUT2D eigenvalue weighted by Gasteiger charge is 2.35. The lowest BCUT2D eigenvalue weighted by Gasteiger charge is -2.37. The molecule has 1 aliphatic rings. The summed E-state index contributed by atoms with van der Waals surface area (Å²) in [6, 6.07) is 15.3. The van der Waals surface area contributed by atoms with Crippen molar-refractivity contribution in [2.45, 2.75) is 50.1 Å². The van der Waals surface area contributed by atoms with E-state index in [2.05, 4.69) is 5.32 Å². The normalized spacial score (nSPS) is 21.3. The average Bonchev–Trinajstić information content (AvgIpc) is 2.62. The molecular formula is C20H24N2O3S. The van der Waals surface area contributed by atoms with E-state index in [9.17, 15) is 13.2 Å². The number of nitrogens with zero attached hydrogens (tertiary/aromatic N) is 1. The Kier molecular flexibility index (Phi) is 5.44. The number of piperidine rings is 1. The fourth-order valence-electron chi connectivity index (χ4n) is 3.50. The van der Waals surface area contributed by atoms with Gasteiger partial charge < -0.3 is 5.32 Å². The van der Waals surface area contributed by atoms with E-state index in [4.69, 9.17) is 0 Å². The molecule has 0 spiro atoms. The molecule has 5 nitrogen and oxygen atoms in total. The van der Waals surface area contributed by atoms with Crippen LogP contribution in [0.5, 0.6) is 0 Å². The quantitative estimate of drug-likeness (QED) is 0.885. The monoisotopic (exact) mass is 372 g/mol. The third kappa shape index (κ3) is 3.81. The van der Waals surface area contributed by atoms with Crippen molar-refractivity contribution in [1.29, 1.82) is 0 Å². The molecule has 0 radical (unpaired) electrons. The van der Waals surface area contributed by atoms with Gasteiger partial charge in [-0.25, -0.2) is 8.42 Å². The number of nitrogens with one attached hydrogen (secondary N) is 1. The van der Waals surface area contributed by atoms with Gasteiger partial charge in [0.15, 0.2) is 0 Å². The number of rotatable bonds is 4. The summed E-state index contributed by atoms with van der Waals surface area (Å²) in [7, 11) is -3.54. The Bertz CT molecular complexity index is 854.